The van der Waals surface area contributed by atoms with Crippen LogP contribution in [0, 0.1) is 5.92 Å². The molecule has 1 aromatic rings. The summed E-state index contributed by atoms with van der Waals surface area (Å²) in [7, 11) is 1.54. The zero-order valence-electron chi connectivity index (χ0n) is 13.5. The number of amidine groups is 1. The molecular formula is C16H21N3O3S. The number of rotatable bonds is 6. The first-order valence-electron chi connectivity index (χ1n) is 7.44. The number of para-hydroxylation sites is 2. The Bertz CT molecular complexity index is 616. The van der Waals surface area contributed by atoms with Crippen molar-refractivity contribution in [1.82, 2.24) is 5.32 Å². The molecule has 1 heterocycles. The molecule has 6 nitrogen and oxygen atoms in total. The van der Waals surface area contributed by atoms with Gasteiger partial charge in [0.05, 0.1) is 12.8 Å². The Labute approximate surface area is 140 Å². The van der Waals surface area contributed by atoms with Crippen LogP contribution in [0.1, 0.15) is 20.3 Å². The highest BCUT2D eigenvalue weighted by Crippen LogP contribution is 2.26. The monoisotopic (exact) mass is 335 g/mol. The molecule has 0 saturated carbocycles. The molecule has 0 bridgehead atoms. The molecular weight excluding hydrogens is 314 g/mol. The third-order valence-electron chi connectivity index (χ3n) is 3.13. The first-order valence-corrected chi connectivity index (χ1v) is 8.32. The first kappa shape index (κ1) is 17.3. The summed E-state index contributed by atoms with van der Waals surface area (Å²) in [5, 5.41) is 5.64. The Hall–Kier alpha value is -2.02. The molecule has 1 aromatic carbocycles. The van der Waals surface area contributed by atoms with Gasteiger partial charge in [0.1, 0.15) is 11.0 Å². The maximum atomic E-state index is 12.2. The molecule has 1 atom stereocenters. The van der Waals surface area contributed by atoms with E-state index in [1.54, 1.807) is 19.2 Å². The molecule has 1 aliphatic rings. The topological polar surface area (TPSA) is 79.8 Å². The maximum Gasteiger partial charge on any atom is 0.240 e. The second-order valence-electron chi connectivity index (χ2n) is 5.59. The number of benzene rings is 1. The van der Waals surface area contributed by atoms with Crippen LogP contribution in [0.5, 0.6) is 5.75 Å². The number of methoxy groups -OCH3 is 1. The molecule has 0 radical (unpaired) electrons. The highest BCUT2D eigenvalue weighted by atomic mass is 32.2. The minimum atomic E-state index is -0.449. The van der Waals surface area contributed by atoms with Crippen molar-refractivity contribution >= 4 is 34.4 Å². The van der Waals surface area contributed by atoms with Gasteiger partial charge in [0.25, 0.3) is 0 Å². The first-order chi connectivity index (χ1) is 11.0. The highest BCUT2D eigenvalue weighted by molar-refractivity contribution is 8.15. The van der Waals surface area contributed by atoms with E-state index in [-0.39, 0.29) is 18.2 Å². The lowest BCUT2D eigenvalue weighted by Gasteiger charge is -2.10. The third kappa shape index (κ3) is 4.99. The predicted octanol–water partition coefficient (Wildman–Crippen LogP) is 2.27. The molecule has 0 aromatic heterocycles. The second-order valence-corrected chi connectivity index (χ2v) is 6.78. The molecule has 1 fully saturated rings. The van der Waals surface area contributed by atoms with Gasteiger partial charge in [-0.25, -0.2) is 0 Å². The van der Waals surface area contributed by atoms with Gasteiger partial charge in [0, 0.05) is 13.0 Å². The molecule has 7 heteroatoms. The van der Waals surface area contributed by atoms with Crippen molar-refractivity contribution in [1.29, 1.82) is 0 Å². The van der Waals surface area contributed by atoms with Crippen LogP contribution in [0.3, 0.4) is 0 Å². The average Bonchev–Trinajstić information content (AvgIpc) is 2.85. The van der Waals surface area contributed by atoms with Gasteiger partial charge in [-0.1, -0.05) is 37.7 Å². The number of carbonyl (C=O) groups excluding carboxylic acids is 2. The summed E-state index contributed by atoms with van der Waals surface area (Å²) >= 11 is 1.31. The van der Waals surface area contributed by atoms with Crippen LogP contribution in [-0.4, -0.2) is 35.9 Å². The lowest BCUT2D eigenvalue weighted by atomic mass is 10.2. The number of nitrogens with zero attached hydrogens (tertiary/aromatic N) is 1. The van der Waals surface area contributed by atoms with Crippen LogP contribution in [0.15, 0.2) is 29.3 Å². The van der Waals surface area contributed by atoms with Gasteiger partial charge in [-0.3, -0.25) is 14.6 Å². The van der Waals surface area contributed by atoms with Crippen molar-refractivity contribution in [2.45, 2.75) is 25.5 Å². The van der Waals surface area contributed by atoms with E-state index in [9.17, 15) is 9.59 Å². The Morgan fingerprint density at radius 2 is 2.17 bits per heavy atom. The fourth-order valence-corrected chi connectivity index (χ4v) is 2.98. The van der Waals surface area contributed by atoms with Crippen LogP contribution in [0.4, 0.5) is 5.69 Å². The number of thioether (sulfide) groups is 1. The number of hydrogen-bond acceptors (Lipinski definition) is 5. The minimum absolute atomic E-state index is 0.0925. The van der Waals surface area contributed by atoms with E-state index < -0.39 is 5.25 Å². The largest absolute Gasteiger partial charge is 0.495 e. The molecule has 2 rings (SSSR count). The fourth-order valence-electron chi connectivity index (χ4n) is 2.00. The van der Waals surface area contributed by atoms with E-state index in [4.69, 9.17) is 4.74 Å². The van der Waals surface area contributed by atoms with E-state index in [1.165, 1.54) is 11.8 Å². The minimum Gasteiger partial charge on any atom is -0.495 e. The molecule has 23 heavy (non-hydrogen) atoms. The molecule has 1 aliphatic heterocycles. The summed E-state index contributed by atoms with van der Waals surface area (Å²) in [6.45, 7) is 4.77. The summed E-state index contributed by atoms with van der Waals surface area (Å²) in [4.78, 5) is 28.4. The number of amides is 2. The van der Waals surface area contributed by atoms with Gasteiger partial charge >= 0.3 is 0 Å². The summed E-state index contributed by atoms with van der Waals surface area (Å²) in [6, 6.07) is 7.16. The molecule has 124 valence electrons. The van der Waals surface area contributed by atoms with Gasteiger partial charge < -0.3 is 15.4 Å². The van der Waals surface area contributed by atoms with Crippen molar-refractivity contribution in [2.75, 3.05) is 19.0 Å². The molecule has 0 unspecified atom stereocenters. The smallest absolute Gasteiger partial charge is 0.240 e. The molecule has 2 amide bonds. The lowest BCUT2D eigenvalue weighted by Crippen LogP contribution is -2.28. The number of ether oxygens (including phenoxy) is 1. The number of nitrogens with one attached hydrogen (secondary N) is 2. The Morgan fingerprint density at radius 3 is 2.87 bits per heavy atom. The van der Waals surface area contributed by atoms with Crippen LogP contribution < -0.4 is 15.4 Å². The second kappa shape index (κ2) is 8.01. The van der Waals surface area contributed by atoms with Gasteiger partial charge in [-0.05, 0) is 18.1 Å². The van der Waals surface area contributed by atoms with Crippen LogP contribution in [-0.2, 0) is 9.59 Å². The summed E-state index contributed by atoms with van der Waals surface area (Å²) < 4.78 is 5.19. The predicted molar refractivity (Wildman–Crippen MR) is 92.9 cm³/mol. The highest BCUT2D eigenvalue weighted by Gasteiger charge is 2.32. The van der Waals surface area contributed by atoms with Gasteiger partial charge in [-0.2, -0.15) is 0 Å². The van der Waals surface area contributed by atoms with Crippen LogP contribution >= 0.6 is 11.8 Å². The lowest BCUT2D eigenvalue weighted by molar-refractivity contribution is -0.122. The zero-order valence-corrected chi connectivity index (χ0v) is 14.3. The van der Waals surface area contributed by atoms with Gasteiger partial charge in [0.15, 0.2) is 5.17 Å². The summed E-state index contributed by atoms with van der Waals surface area (Å²) in [5.74, 6) is 0.608. The molecule has 2 N–H and O–H groups in total. The molecule has 1 saturated heterocycles. The number of aliphatic imine (C=N–C) groups is 1. The maximum absolute atomic E-state index is 12.2. The normalized spacial score (nSPS) is 19.0. The zero-order chi connectivity index (χ0) is 16.8. The van der Waals surface area contributed by atoms with Gasteiger partial charge in [-0.15, -0.1) is 0 Å². The fraction of sp³-hybridized carbons (Fsp3) is 0.438. The van der Waals surface area contributed by atoms with Crippen molar-refractivity contribution in [3.8, 4) is 5.75 Å². The summed E-state index contributed by atoms with van der Waals surface area (Å²) in [5.41, 5.74) is 0.595. The quantitative estimate of drug-likeness (QED) is 0.836. The standard InChI is InChI=1S/C16H21N3O3S/c1-10(2)9-17-16-19-15(21)13(23-16)8-14(20)18-11-6-4-5-7-12(11)22-3/h4-7,10,13H,8-9H2,1-3H3,(H,18,20)(H,17,19,21)/t13-/m1/s1. The van der Waals surface area contributed by atoms with Crippen molar-refractivity contribution < 1.29 is 14.3 Å². The summed E-state index contributed by atoms with van der Waals surface area (Å²) in [6.07, 6.45) is 0.0925. The van der Waals surface area contributed by atoms with E-state index in [0.29, 0.717) is 29.1 Å². The number of anilines is 1. The van der Waals surface area contributed by atoms with E-state index in [0.717, 1.165) is 0 Å². The SMILES string of the molecule is COc1ccccc1NC(=O)C[C@H]1SC(=NCC(C)C)NC1=O. The molecule has 0 aliphatic carbocycles. The Balaban J connectivity index is 1.93. The Morgan fingerprint density at radius 1 is 1.43 bits per heavy atom. The van der Waals surface area contributed by atoms with Crippen molar-refractivity contribution in [2.24, 2.45) is 10.9 Å². The number of hydrogen-bond donors (Lipinski definition) is 2. The van der Waals surface area contributed by atoms with Gasteiger partial charge in [0.2, 0.25) is 11.8 Å². The molecule has 0 spiro atoms. The van der Waals surface area contributed by atoms with E-state index >= 15 is 0 Å². The van der Waals surface area contributed by atoms with E-state index in [1.807, 2.05) is 12.1 Å². The van der Waals surface area contributed by atoms with E-state index in [2.05, 4.69) is 29.5 Å². The van der Waals surface area contributed by atoms with Crippen molar-refractivity contribution in [3.63, 3.8) is 0 Å². The van der Waals surface area contributed by atoms with Crippen LogP contribution in [0.25, 0.3) is 0 Å². The van der Waals surface area contributed by atoms with Crippen LogP contribution in [0.2, 0.25) is 0 Å². The number of carbonyl (C=O) groups is 2. The third-order valence-corrected chi connectivity index (χ3v) is 4.25. The Kier molecular flexibility index (Phi) is 6.04. The average molecular weight is 335 g/mol. The van der Waals surface area contributed by atoms with Crippen molar-refractivity contribution in [3.05, 3.63) is 24.3 Å².